The molecule has 4 amide bonds. The van der Waals surface area contributed by atoms with Gasteiger partial charge in [0.1, 0.15) is 10.3 Å². The molecular weight excluding hydrogens is 462 g/mol. The van der Waals surface area contributed by atoms with E-state index < -0.39 is 38.2 Å². The highest BCUT2D eigenvalue weighted by Crippen LogP contribution is 2.40. The molecule has 2 aliphatic heterocycles. The van der Waals surface area contributed by atoms with Crippen LogP contribution in [0.2, 0.25) is 0 Å². The van der Waals surface area contributed by atoms with E-state index >= 15 is 0 Å². The predicted molar refractivity (Wildman–Crippen MR) is 118 cm³/mol. The highest BCUT2D eigenvalue weighted by molar-refractivity contribution is 8.15. The maximum absolute atomic E-state index is 13.1. The summed E-state index contributed by atoms with van der Waals surface area (Å²) in [5.74, 6) is -0.883. The molecule has 9 nitrogen and oxygen atoms in total. The molecule has 1 aliphatic carbocycles. The van der Waals surface area contributed by atoms with Gasteiger partial charge >= 0.3 is 0 Å². The van der Waals surface area contributed by atoms with Crippen molar-refractivity contribution in [3.8, 4) is 0 Å². The van der Waals surface area contributed by atoms with E-state index in [-0.39, 0.29) is 23.8 Å². The Bertz CT molecular complexity index is 1060. The summed E-state index contributed by atoms with van der Waals surface area (Å²) in [6.45, 7) is 2.14. The molecule has 0 bridgehead atoms. The maximum Gasteiger partial charge on any atom is 0.286 e. The van der Waals surface area contributed by atoms with Crippen LogP contribution in [0, 0.1) is 5.92 Å². The molecule has 0 spiro atoms. The minimum Gasteiger partial charge on any atom is -0.348 e. The van der Waals surface area contributed by atoms with Gasteiger partial charge in [0.2, 0.25) is 11.8 Å². The Labute approximate surface area is 188 Å². The number of rotatable bonds is 5. The van der Waals surface area contributed by atoms with E-state index in [1.54, 1.807) is 0 Å². The van der Waals surface area contributed by atoms with Gasteiger partial charge in [0.25, 0.3) is 11.1 Å². The van der Waals surface area contributed by atoms with Crippen molar-refractivity contribution < 1.29 is 27.6 Å². The molecule has 1 aromatic heterocycles. The van der Waals surface area contributed by atoms with E-state index in [0.717, 1.165) is 35.0 Å². The molecule has 0 radical (unpaired) electrons. The van der Waals surface area contributed by atoms with Gasteiger partial charge in [-0.15, -0.1) is 11.3 Å². The number of thiophene rings is 1. The van der Waals surface area contributed by atoms with Crippen LogP contribution in [0.4, 0.5) is 9.80 Å². The van der Waals surface area contributed by atoms with Crippen molar-refractivity contribution in [3.63, 3.8) is 0 Å². The van der Waals surface area contributed by atoms with Gasteiger partial charge in [0, 0.05) is 17.3 Å². The topological polar surface area (TPSA) is 139 Å². The average Bonchev–Trinajstić information content (AvgIpc) is 3.29. The van der Waals surface area contributed by atoms with Crippen LogP contribution in [0.1, 0.15) is 47.0 Å². The van der Waals surface area contributed by atoms with E-state index in [1.165, 1.54) is 11.3 Å². The third-order valence-electron chi connectivity index (χ3n) is 5.70. The summed E-state index contributed by atoms with van der Waals surface area (Å²) in [7, 11) is -3.14. The van der Waals surface area contributed by atoms with Crippen LogP contribution in [-0.2, 0) is 32.3 Å². The Morgan fingerprint density at radius 3 is 2.65 bits per heavy atom. The minimum absolute atomic E-state index is 0.0562. The molecule has 3 heterocycles. The lowest BCUT2D eigenvalue weighted by Crippen LogP contribution is -2.36. The van der Waals surface area contributed by atoms with Gasteiger partial charge in [0.05, 0.1) is 17.1 Å². The predicted octanol–water partition coefficient (Wildman–Crippen LogP) is 1.47. The molecule has 4 rings (SSSR count). The summed E-state index contributed by atoms with van der Waals surface area (Å²) in [5, 5.41) is 6.89. The van der Waals surface area contributed by atoms with Crippen LogP contribution < -0.4 is 16.0 Å². The molecule has 2 saturated heterocycles. The quantitative estimate of drug-likeness (QED) is 0.574. The molecule has 3 aliphatic rings. The first-order valence-corrected chi connectivity index (χ1v) is 13.6. The molecule has 3 N–H and O–H groups in total. The number of hydrogen-bond acceptors (Lipinski definition) is 8. The lowest BCUT2D eigenvalue weighted by atomic mass is 9.88. The number of anilines is 1. The number of thioether (sulfide) groups is 1. The lowest BCUT2D eigenvalue weighted by Gasteiger charge is -2.19. The first kappa shape index (κ1) is 22.3. The fourth-order valence-corrected chi connectivity index (χ4v) is 8.04. The second-order valence-corrected chi connectivity index (χ2v) is 12.8. The van der Waals surface area contributed by atoms with Crippen molar-refractivity contribution in [2.75, 3.05) is 16.8 Å². The van der Waals surface area contributed by atoms with Crippen LogP contribution in [0.5, 0.6) is 0 Å². The maximum atomic E-state index is 13.1. The van der Waals surface area contributed by atoms with Gasteiger partial charge in [0.15, 0.2) is 9.84 Å². The zero-order valence-electron chi connectivity index (χ0n) is 16.9. The standard InChI is InChI=1S/C19H23N3O6S3/c1-9-2-3-11-12(6-9)29-18(21-14(23)7-13-16(24)22-19(26)30-13)15(11)17(25)20-10-4-5-31(27,28)8-10/h9-10,13H,2-8H2,1H3,(H,20,25)(H,21,23)(H,22,24,26). The fraction of sp³-hybridized carbons (Fsp3) is 0.579. The molecule has 168 valence electrons. The average molecular weight is 486 g/mol. The second-order valence-electron chi connectivity index (χ2n) is 8.26. The van der Waals surface area contributed by atoms with E-state index in [2.05, 4.69) is 22.9 Å². The van der Waals surface area contributed by atoms with E-state index in [1.807, 2.05) is 0 Å². The van der Waals surface area contributed by atoms with Crippen LogP contribution >= 0.6 is 23.1 Å². The Balaban J connectivity index is 1.54. The van der Waals surface area contributed by atoms with E-state index in [9.17, 15) is 27.6 Å². The van der Waals surface area contributed by atoms with Crippen molar-refractivity contribution in [2.45, 2.75) is 50.3 Å². The highest BCUT2D eigenvalue weighted by atomic mass is 32.2. The number of nitrogens with one attached hydrogen (secondary N) is 3. The Morgan fingerprint density at radius 2 is 2.00 bits per heavy atom. The fourth-order valence-electron chi connectivity index (χ4n) is 4.12. The molecule has 1 aromatic rings. The third-order valence-corrected chi connectivity index (χ3v) is 9.62. The van der Waals surface area contributed by atoms with Gasteiger partial charge < -0.3 is 10.6 Å². The molecule has 2 fully saturated rings. The van der Waals surface area contributed by atoms with Crippen molar-refractivity contribution in [1.82, 2.24) is 10.6 Å². The first-order valence-electron chi connectivity index (χ1n) is 10.1. The normalized spacial score (nSPS) is 26.9. The van der Waals surface area contributed by atoms with E-state index in [4.69, 9.17) is 0 Å². The molecular formula is C19H23N3O6S3. The summed E-state index contributed by atoms with van der Waals surface area (Å²) in [6, 6.07) is -0.441. The molecule has 3 atom stereocenters. The molecule has 0 aromatic carbocycles. The summed E-state index contributed by atoms with van der Waals surface area (Å²) in [4.78, 5) is 49.8. The summed E-state index contributed by atoms with van der Waals surface area (Å²) < 4.78 is 23.5. The number of sulfone groups is 1. The molecule has 12 heteroatoms. The highest BCUT2D eigenvalue weighted by Gasteiger charge is 2.35. The second kappa shape index (κ2) is 8.55. The Kier molecular flexibility index (Phi) is 6.14. The largest absolute Gasteiger partial charge is 0.348 e. The summed E-state index contributed by atoms with van der Waals surface area (Å²) in [6.07, 6.45) is 2.65. The smallest absolute Gasteiger partial charge is 0.286 e. The van der Waals surface area contributed by atoms with Gasteiger partial charge in [-0.25, -0.2) is 8.42 Å². The summed E-state index contributed by atoms with van der Waals surface area (Å²) in [5.41, 5.74) is 1.30. The minimum atomic E-state index is -3.14. The molecule has 3 unspecified atom stereocenters. The van der Waals surface area contributed by atoms with Gasteiger partial charge in [-0.3, -0.25) is 24.5 Å². The van der Waals surface area contributed by atoms with Crippen molar-refractivity contribution in [1.29, 1.82) is 0 Å². The van der Waals surface area contributed by atoms with Gasteiger partial charge in [-0.05, 0) is 37.2 Å². The Morgan fingerprint density at radius 1 is 1.23 bits per heavy atom. The lowest BCUT2D eigenvalue weighted by molar-refractivity contribution is -0.122. The van der Waals surface area contributed by atoms with Gasteiger partial charge in [-0.1, -0.05) is 18.7 Å². The Hall–Kier alpha value is -1.92. The van der Waals surface area contributed by atoms with Crippen LogP contribution in [0.15, 0.2) is 0 Å². The zero-order chi connectivity index (χ0) is 22.3. The first-order chi connectivity index (χ1) is 14.6. The van der Waals surface area contributed by atoms with Crippen LogP contribution in [0.3, 0.4) is 0 Å². The van der Waals surface area contributed by atoms with Crippen LogP contribution in [-0.4, -0.2) is 54.2 Å². The van der Waals surface area contributed by atoms with Crippen molar-refractivity contribution >= 4 is 60.9 Å². The van der Waals surface area contributed by atoms with Crippen molar-refractivity contribution in [3.05, 3.63) is 16.0 Å². The number of carbonyl (C=O) groups is 4. The number of imide groups is 1. The number of carbonyl (C=O) groups excluding carboxylic acids is 4. The SMILES string of the molecule is CC1CCc2c(sc(NC(=O)CC3SC(=O)NC3=O)c2C(=O)NC2CCS(=O)(=O)C2)C1. The van der Waals surface area contributed by atoms with E-state index in [0.29, 0.717) is 29.3 Å². The number of amides is 4. The van der Waals surface area contributed by atoms with Crippen LogP contribution in [0.25, 0.3) is 0 Å². The number of fused-ring (bicyclic) bond motifs is 1. The number of hydrogen-bond donors (Lipinski definition) is 3. The molecule has 31 heavy (non-hydrogen) atoms. The monoisotopic (exact) mass is 485 g/mol. The summed E-state index contributed by atoms with van der Waals surface area (Å²) >= 11 is 2.13. The zero-order valence-corrected chi connectivity index (χ0v) is 19.3. The van der Waals surface area contributed by atoms with Gasteiger partial charge in [-0.2, -0.15) is 0 Å². The molecule has 0 saturated carbocycles. The third kappa shape index (κ3) is 4.96. The van der Waals surface area contributed by atoms with Crippen molar-refractivity contribution in [2.24, 2.45) is 5.92 Å².